The Hall–Kier alpha value is -2.28. The summed E-state index contributed by atoms with van der Waals surface area (Å²) in [6.07, 6.45) is 6.80. The molecule has 0 unspecified atom stereocenters. The highest BCUT2D eigenvalue weighted by Crippen LogP contribution is 2.17. The molecule has 0 fully saturated rings. The van der Waals surface area contributed by atoms with E-state index in [2.05, 4.69) is 10.9 Å². The molecule has 0 aliphatic rings. The molecule has 0 saturated heterocycles. The Morgan fingerprint density at radius 3 is 3.13 bits per heavy atom. The minimum absolute atomic E-state index is 0.168. The lowest BCUT2D eigenvalue weighted by molar-refractivity contribution is 0.0686. The summed E-state index contributed by atoms with van der Waals surface area (Å²) in [5, 5.41) is 9.76. The molecule has 2 rings (SSSR count). The highest BCUT2D eigenvalue weighted by atomic mass is 16.4. The van der Waals surface area contributed by atoms with Crippen molar-refractivity contribution in [2.75, 3.05) is 0 Å². The van der Waals surface area contributed by atoms with Gasteiger partial charge in [-0.05, 0) is 18.2 Å². The van der Waals surface area contributed by atoms with E-state index in [1.54, 1.807) is 18.3 Å². The average molecular weight is 200 g/mol. The first kappa shape index (κ1) is 9.28. The van der Waals surface area contributed by atoms with Crippen molar-refractivity contribution in [2.45, 2.75) is 6.54 Å². The number of nitrogens with zero attached hydrogens (tertiary/aromatic N) is 2. The molecule has 0 aliphatic carbocycles. The molecule has 0 bridgehead atoms. The second-order valence-electron chi connectivity index (χ2n) is 3.04. The Morgan fingerprint density at radius 1 is 1.67 bits per heavy atom. The number of hydrogen-bond donors (Lipinski definition) is 1. The number of terminal acetylenes is 1. The van der Waals surface area contributed by atoms with Crippen LogP contribution in [0, 0.1) is 12.3 Å². The van der Waals surface area contributed by atoms with Crippen molar-refractivity contribution >= 4 is 17.0 Å². The van der Waals surface area contributed by atoms with Gasteiger partial charge in [0.25, 0.3) is 0 Å². The fraction of sp³-hybridized carbons (Fsp3) is 0.0909. The van der Waals surface area contributed by atoms with E-state index in [0.717, 1.165) is 5.39 Å². The lowest BCUT2D eigenvalue weighted by Crippen LogP contribution is -2.07. The summed E-state index contributed by atoms with van der Waals surface area (Å²) in [5.74, 6) is 1.42. The smallest absolute Gasteiger partial charge is 0.352 e. The molecule has 0 amide bonds. The standard InChI is InChI=1S/C11H8N2O2/c1-2-6-13-9(11(14)15)7-8-4-3-5-12-10(8)13/h1,3-5,7H,6H2,(H,14,15). The van der Waals surface area contributed by atoms with Crippen LogP contribution >= 0.6 is 0 Å². The van der Waals surface area contributed by atoms with Gasteiger partial charge >= 0.3 is 5.97 Å². The molecule has 15 heavy (non-hydrogen) atoms. The Balaban J connectivity index is 2.75. The largest absolute Gasteiger partial charge is 0.477 e. The van der Waals surface area contributed by atoms with Gasteiger partial charge in [-0.2, -0.15) is 0 Å². The minimum Gasteiger partial charge on any atom is -0.477 e. The Morgan fingerprint density at radius 2 is 2.47 bits per heavy atom. The first-order valence-electron chi connectivity index (χ1n) is 4.35. The van der Waals surface area contributed by atoms with Gasteiger partial charge in [0, 0.05) is 11.6 Å². The van der Waals surface area contributed by atoms with Gasteiger partial charge in [-0.25, -0.2) is 9.78 Å². The van der Waals surface area contributed by atoms with Gasteiger partial charge < -0.3 is 9.67 Å². The second kappa shape index (κ2) is 3.46. The number of carboxylic acid groups (broad SMARTS) is 1. The number of aromatic nitrogens is 2. The predicted molar refractivity (Wildman–Crippen MR) is 55.5 cm³/mol. The van der Waals surface area contributed by atoms with E-state index in [9.17, 15) is 4.79 Å². The highest BCUT2D eigenvalue weighted by Gasteiger charge is 2.13. The summed E-state index contributed by atoms with van der Waals surface area (Å²) < 4.78 is 1.51. The minimum atomic E-state index is -0.997. The molecule has 0 radical (unpaired) electrons. The summed E-state index contributed by atoms with van der Waals surface area (Å²) in [6, 6.07) is 5.14. The molecule has 4 nitrogen and oxygen atoms in total. The van der Waals surface area contributed by atoms with Crippen LogP contribution in [0.4, 0.5) is 0 Å². The molecular weight excluding hydrogens is 192 g/mol. The first-order chi connectivity index (χ1) is 7.24. The van der Waals surface area contributed by atoms with E-state index < -0.39 is 5.97 Å². The number of aromatic carboxylic acids is 1. The first-order valence-corrected chi connectivity index (χ1v) is 4.35. The van der Waals surface area contributed by atoms with E-state index in [1.807, 2.05) is 6.07 Å². The van der Waals surface area contributed by atoms with E-state index in [-0.39, 0.29) is 12.2 Å². The van der Waals surface area contributed by atoms with Gasteiger partial charge in [0.15, 0.2) is 0 Å². The summed E-state index contributed by atoms with van der Waals surface area (Å²) in [6.45, 7) is 0.210. The van der Waals surface area contributed by atoms with Crippen LogP contribution < -0.4 is 0 Å². The number of rotatable bonds is 2. The van der Waals surface area contributed by atoms with Crippen LogP contribution in [0.15, 0.2) is 24.4 Å². The number of hydrogen-bond acceptors (Lipinski definition) is 2. The second-order valence-corrected chi connectivity index (χ2v) is 3.04. The molecule has 2 aromatic heterocycles. The van der Waals surface area contributed by atoms with Crippen LogP contribution in [0.2, 0.25) is 0 Å². The predicted octanol–water partition coefficient (Wildman–Crippen LogP) is 1.37. The molecule has 74 valence electrons. The number of pyridine rings is 1. The molecule has 0 saturated carbocycles. The zero-order valence-corrected chi connectivity index (χ0v) is 7.84. The van der Waals surface area contributed by atoms with Gasteiger partial charge in [-0.15, -0.1) is 6.42 Å². The maximum atomic E-state index is 10.9. The lowest BCUT2D eigenvalue weighted by Gasteiger charge is -2.01. The Kier molecular flexibility index (Phi) is 2.14. The van der Waals surface area contributed by atoms with Gasteiger partial charge in [0.1, 0.15) is 11.3 Å². The van der Waals surface area contributed by atoms with Crippen LogP contribution in [-0.2, 0) is 6.54 Å². The number of carboxylic acids is 1. The SMILES string of the molecule is C#CCn1c(C(=O)O)cc2cccnc21. The summed E-state index contributed by atoms with van der Waals surface area (Å²) >= 11 is 0. The van der Waals surface area contributed by atoms with Crippen LogP contribution in [-0.4, -0.2) is 20.6 Å². The van der Waals surface area contributed by atoms with E-state index in [1.165, 1.54) is 4.57 Å². The average Bonchev–Trinajstić information content (AvgIpc) is 2.58. The fourth-order valence-electron chi connectivity index (χ4n) is 1.52. The molecule has 1 N–H and O–H groups in total. The van der Waals surface area contributed by atoms with Crippen molar-refractivity contribution in [1.29, 1.82) is 0 Å². The summed E-state index contributed by atoms with van der Waals surface area (Å²) in [4.78, 5) is 15.1. The van der Waals surface area contributed by atoms with Crippen molar-refractivity contribution in [3.05, 3.63) is 30.1 Å². The molecule has 2 aromatic rings. The van der Waals surface area contributed by atoms with Gasteiger partial charge in [0.05, 0.1) is 6.54 Å². The third-order valence-corrected chi connectivity index (χ3v) is 2.12. The quantitative estimate of drug-likeness (QED) is 0.745. The van der Waals surface area contributed by atoms with Crippen molar-refractivity contribution in [2.24, 2.45) is 0 Å². The molecule has 4 heteroatoms. The van der Waals surface area contributed by atoms with E-state index in [0.29, 0.717) is 5.65 Å². The van der Waals surface area contributed by atoms with Crippen molar-refractivity contribution in [3.8, 4) is 12.3 Å². The Labute approximate surface area is 86.2 Å². The van der Waals surface area contributed by atoms with Crippen LogP contribution in [0.1, 0.15) is 10.5 Å². The molecule has 0 aliphatic heterocycles. The molecule has 0 spiro atoms. The monoisotopic (exact) mass is 200 g/mol. The molecule has 0 atom stereocenters. The third-order valence-electron chi connectivity index (χ3n) is 2.12. The van der Waals surface area contributed by atoms with Gasteiger partial charge in [-0.1, -0.05) is 5.92 Å². The lowest BCUT2D eigenvalue weighted by atomic mass is 10.3. The molecule has 0 aromatic carbocycles. The summed E-state index contributed by atoms with van der Waals surface area (Å²) in [7, 11) is 0. The number of carbonyl (C=O) groups is 1. The Bertz CT molecular complexity index is 563. The topological polar surface area (TPSA) is 55.1 Å². The van der Waals surface area contributed by atoms with Crippen LogP contribution in [0.5, 0.6) is 0 Å². The maximum absolute atomic E-state index is 10.9. The zero-order chi connectivity index (χ0) is 10.8. The summed E-state index contributed by atoms with van der Waals surface area (Å²) in [5.41, 5.74) is 0.773. The van der Waals surface area contributed by atoms with Crippen molar-refractivity contribution in [1.82, 2.24) is 9.55 Å². The van der Waals surface area contributed by atoms with Crippen molar-refractivity contribution in [3.63, 3.8) is 0 Å². The third kappa shape index (κ3) is 1.44. The van der Waals surface area contributed by atoms with Crippen LogP contribution in [0.3, 0.4) is 0 Å². The zero-order valence-electron chi connectivity index (χ0n) is 7.84. The van der Waals surface area contributed by atoms with Gasteiger partial charge in [0.2, 0.25) is 0 Å². The normalized spacial score (nSPS) is 10.1. The fourth-order valence-corrected chi connectivity index (χ4v) is 1.52. The van der Waals surface area contributed by atoms with Crippen LogP contribution in [0.25, 0.3) is 11.0 Å². The van der Waals surface area contributed by atoms with E-state index >= 15 is 0 Å². The highest BCUT2D eigenvalue weighted by molar-refractivity contribution is 5.93. The van der Waals surface area contributed by atoms with E-state index in [4.69, 9.17) is 11.5 Å². The number of fused-ring (bicyclic) bond motifs is 1. The maximum Gasteiger partial charge on any atom is 0.352 e. The van der Waals surface area contributed by atoms with Crippen molar-refractivity contribution < 1.29 is 9.90 Å². The molecule has 2 heterocycles. The molecular formula is C11H8N2O2. The van der Waals surface area contributed by atoms with Gasteiger partial charge in [-0.3, -0.25) is 0 Å².